The largest absolute Gasteiger partial charge is 0.506 e. The summed E-state index contributed by atoms with van der Waals surface area (Å²) in [4.78, 5) is 0. The van der Waals surface area contributed by atoms with Gasteiger partial charge in [-0.15, -0.1) is 0 Å². The maximum Gasteiger partial charge on any atom is 0.134 e. The molecule has 1 aliphatic rings. The van der Waals surface area contributed by atoms with E-state index in [1.807, 2.05) is 6.92 Å². The zero-order valence-corrected chi connectivity index (χ0v) is 9.64. The van der Waals surface area contributed by atoms with Crippen LogP contribution in [-0.4, -0.2) is 11.7 Å². The van der Waals surface area contributed by atoms with Crippen LogP contribution in [0.3, 0.4) is 0 Å². The van der Waals surface area contributed by atoms with Gasteiger partial charge in [0.05, 0.1) is 5.02 Å². The van der Waals surface area contributed by atoms with Gasteiger partial charge < -0.3 is 10.4 Å². The van der Waals surface area contributed by atoms with E-state index in [-0.39, 0.29) is 5.75 Å². The number of aromatic hydroxyl groups is 1. The molecule has 15 heavy (non-hydrogen) atoms. The molecule has 0 bridgehead atoms. The number of nitrogens with one attached hydrogen (secondary N) is 1. The second kappa shape index (κ2) is 4.42. The third kappa shape index (κ3) is 2.27. The van der Waals surface area contributed by atoms with E-state index in [0.717, 1.165) is 24.1 Å². The van der Waals surface area contributed by atoms with Crippen LogP contribution in [-0.2, 0) is 0 Å². The van der Waals surface area contributed by atoms with Gasteiger partial charge in [-0.05, 0) is 43.5 Å². The Balaban J connectivity index is 2.33. The van der Waals surface area contributed by atoms with Crippen LogP contribution in [0, 0.1) is 6.92 Å². The van der Waals surface area contributed by atoms with Gasteiger partial charge in [-0.2, -0.15) is 0 Å². The number of halogens is 1. The summed E-state index contributed by atoms with van der Waals surface area (Å²) >= 11 is 6.11. The Labute approximate surface area is 95.3 Å². The zero-order chi connectivity index (χ0) is 10.8. The molecular weight excluding hydrogens is 210 g/mol. The second-order valence-electron chi connectivity index (χ2n) is 4.19. The number of piperidine rings is 1. The van der Waals surface area contributed by atoms with Crippen molar-refractivity contribution in [3.8, 4) is 5.75 Å². The zero-order valence-electron chi connectivity index (χ0n) is 8.89. The Morgan fingerprint density at radius 1 is 1.40 bits per heavy atom. The first-order chi connectivity index (χ1) is 7.18. The smallest absolute Gasteiger partial charge is 0.134 e. The van der Waals surface area contributed by atoms with Crippen LogP contribution in [0.2, 0.25) is 5.02 Å². The molecule has 0 aromatic heterocycles. The van der Waals surface area contributed by atoms with Crippen molar-refractivity contribution in [3.63, 3.8) is 0 Å². The maximum absolute atomic E-state index is 9.65. The van der Waals surface area contributed by atoms with E-state index in [9.17, 15) is 5.11 Å². The van der Waals surface area contributed by atoms with Gasteiger partial charge >= 0.3 is 0 Å². The van der Waals surface area contributed by atoms with E-state index in [1.54, 1.807) is 6.07 Å². The summed E-state index contributed by atoms with van der Waals surface area (Å²) in [6.07, 6.45) is 3.55. The molecule has 1 aromatic rings. The average molecular weight is 226 g/mol. The van der Waals surface area contributed by atoms with Gasteiger partial charge in [-0.1, -0.05) is 24.1 Å². The molecule has 1 unspecified atom stereocenters. The standard InChI is InChI=1S/C12H16ClNO/c1-8-6-9(12(13)11(15)7-8)10-4-2-3-5-14-10/h6-7,10,14-15H,2-5H2,1H3. The highest BCUT2D eigenvalue weighted by molar-refractivity contribution is 6.32. The average Bonchev–Trinajstić information content (AvgIpc) is 2.24. The first-order valence-electron chi connectivity index (χ1n) is 5.41. The fourth-order valence-electron chi connectivity index (χ4n) is 2.15. The van der Waals surface area contributed by atoms with E-state index in [0.29, 0.717) is 11.1 Å². The number of phenolic OH excluding ortho intramolecular Hbond substituents is 1. The van der Waals surface area contributed by atoms with Crippen molar-refractivity contribution in [2.45, 2.75) is 32.2 Å². The molecule has 2 N–H and O–H groups in total. The molecule has 1 aliphatic heterocycles. The van der Waals surface area contributed by atoms with E-state index >= 15 is 0 Å². The predicted molar refractivity (Wildman–Crippen MR) is 62.4 cm³/mol. The van der Waals surface area contributed by atoms with Crippen molar-refractivity contribution < 1.29 is 5.11 Å². The van der Waals surface area contributed by atoms with Crippen molar-refractivity contribution in [3.05, 3.63) is 28.3 Å². The summed E-state index contributed by atoms with van der Waals surface area (Å²) in [5, 5.41) is 13.6. The van der Waals surface area contributed by atoms with E-state index < -0.39 is 0 Å². The molecule has 1 heterocycles. The summed E-state index contributed by atoms with van der Waals surface area (Å²) in [6, 6.07) is 4.07. The van der Waals surface area contributed by atoms with Crippen LogP contribution >= 0.6 is 11.6 Å². The highest BCUT2D eigenvalue weighted by Crippen LogP contribution is 2.35. The van der Waals surface area contributed by atoms with Gasteiger partial charge in [-0.3, -0.25) is 0 Å². The molecule has 0 saturated carbocycles. The SMILES string of the molecule is Cc1cc(O)c(Cl)c(C2CCCCN2)c1. The van der Waals surface area contributed by atoms with Crippen molar-refractivity contribution in [2.75, 3.05) is 6.54 Å². The lowest BCUT2D eigenvalue weighted by molar-refractivity contribution is 0.409. The molecule has 0 amide bonds. The molecule has 1 atom stereocenters. The van der Waals surface area contributed by atoms with Crippen molar-refractivity contribution in [1.29, 1.82) is 0 Å². The van der Waals surface area contributed by atoms with Gasteiger partial charge in [0.2, 0.25) is 0 Å². The van der Waals surface area contributed by atoms with Crippen LogP contribution in [0.1, 0.15) is 36.4 Å². The molecular formula is C12H16ClNO. The number of phenols is 1. The molecule has 3 heteroatoms. The number of hydrogen-bond donors (Lipinski definition) is 2. The number of benzene rings is 1. The van der Waals surface area contributed by atoms with Gasteiger partial charge in [-0.25, -0.2) is 0 Å². The van der Waals surface area contributed by atoms with Crippen LogP contribution in [0.4, 0.5) is 0 Å². The normalized spacial score (nSPS) is 21.6. The lowest BCUT2D eigenvalue weighted by atomic mass is 9.96. The molecule has 1 fully saturated rings. The molecule has 82 valence electrons. The summed E-state index contributed by atoms with van der Waals surface area (Å²) < 4.78 is 0. The van der Waals surface area contributed by atoms with Crippen molar-refractivity contribution in [2.24, 2.45) is 0 Å². The molecule has 0 radical (unpaired) electrons. The minimum Gasteiger partial charge on any atom is -0.506 e. The Kier molecular flexibility index (Phi) is 3.17. The minimum atomic E-state index is 0.194. The third-order valence-corrected chi connectivity index (χ3v) is 3.32. The first kappa shape index (κ1) is 10.8. The highest BCUT2D eigenvalue weighted by Gasteiger charge is 2.19. The van der Waals surface area contributed by atoms with Crippen LogP contribution in [0.15, 0.2) is 12.1 Å². The maximum atomic E-state index is 9.65. The Hall–Kier alpha value is -0.730. The van der Waals surface area contributed by atoms with Gasteiger partial charge in [0.25, 0.3) is 0 Å². The van der Waals surface area contributed by atoms with Crippen LogP contribution in [0.5, 0.6) is 5.75 Å². The van der Waals surface area contributed by atoms with E-state index in [2.05, 4.69) is 11.4 Å². The number of aryl methyl sites for hydroxylation is 1. The molecule has 1 aromatic carbocycles. The Bertz CT molecular complexity index is 359. The van der Waals surface area contributed by atoms with Gasteiger partial charge in [0.1, 0.15) is 5.75 Å². The fourth-order valence-corrected chi connectivity index (χ4v) is 2.39. The monoisotopic (exact) mass is 225 g/mol. The van der Waals surface area contributed by atoms with Crippen molar-refractivity contribution >= 4 is 11.6 Å². The molecule has 2 rings (SSSR count). The number of rotatable bonds is 1. The highest BCUT2D eigenvalue weighted by atomic mass is 35.5. The summed E-state index contributed by atoms with van der Waals surface area (Å²) in [5.74, 6) is 0.194. The topological polar surface area (TPSA) is 32.3 Å². The van der Waals surface area contributed by atoms with Gasteiger partial charge in [0.15, 0.2) is 0 Å². The first-order valence-corrected chi connectivity index (χ1v) is 5.78. The Morgan fingerprint density at radius 3 is 2.87 bits per heavy atom. The Morgan fingerprint density at radius 2 is 2.20 bits per heavy atom. The summed E-state index contributed by atoms with van der Waals surface area (Å²) in [7, 11) is 0. The fraction of sp³-hybridized carbons (Fsp3) is 0.500. The molecule has 2 nitrogen and oxygen atoms in total. The number of hydrogen-bond acceptors (Lipinski definition) is 2. The second-order valence-corrected chi connectivity index (χ2v) is 4.57. The molecule has 0 aliphatic carbocycles. The van der Waals surface area contributed by atoms with Gasteiger partial charge in [0, 0.05) is 6.04 Å². The van der Waals surface area contributed by atoms with Crippen molar-refractivity contribution in [1.82, 2.24) is 5.32 Å². The van der Waals surface area contributed by atoms with Crippen LogP contribution < -0.4 is 5.32 Å². The van der Waals surface area contributed by atoms with E-state index in [1.165, 1.54) is 12.8 Å². The third-order valence-electron chi connectivity index (χ3n) is 2.91. The summed E-state index contributed by atoms with van der Waals surface area (Å²) in [6.45, 7) is 3.01. The molecule has 1 saturated heterocycles. The summed E-state index contributed by atoms with van der Waals surface area (Å²) in [5.41, 5.74) is 2.09. The quantitative estimate of drug-likeness (QED) is 0.770. The van der Waals surface area contributed by atoms with E-state index in [4.69, 9.17) is 11.6 Å². The lowest BCUT2D eigenvalue weighted by Gasteiger charge is -2.25. The predicted octanol–water partition coefficient (Wildman–Crippen LogP) is 3.17. The minimum absolute atomic E-state index is 0.194. The lowest BCUT2D eigenvalue weighted by Crippen LogP contribution is -2.27. The van der Waals surface area contributed by atoms with Crippen LogP contribution in [0.25, 0.3) is 0 Å². The molecule has 0 spiro atoms.